The first-order chi connectivity index (χ1) is 10.4. The van der Waals surface area contributed by atoms with Crippen LogP contribution in [0.4, 0.5) is 0 Å². The minimum absolute atomic E-state index is 0.0114. The number of hydrogen-bond acceptors (Lipinski definition) is 3. The number of amides is 1. The molecule has 2 N–H and O–H groups in total. The van der Waals surface area contributed by atoms with Crippen LogP contribution >= 0.6 is 0 Å². The Morgan fingerprint density at radius 2 is 1.82 bits per heavy atom. The number of nitrogens with one attached hydrogen (secondary N) is 1. The minimum Gasteiger partial charge on any atom is -0.497 e. The third-order valence-corrected chi connectivity index (χ3v) is 3.97. The van der Waals surface area contributed by atoms with Crippen LogP contribution < -0.4 is 10.1 Å². The van der Waals surface area contributed by atoms with Gasteiger partial charge < -0.3 is 15.2 Å². The number of carboxylic acids is 1. The Hall–Kier alpha value is -2.04. The first-order valence-electron chi connectivity index (χ1n) is 7.55. The first kappa shape index (κ1) is 18.0. The molecule has 1 unspecified atom stereocenters. The van der Waals surface area contributed by atoms with Crippen molar-refractivity contribution in [3.05, 3.63) is 29.8 Å². The van der Waals surface area contributed by atoms with Crippen molar-refractivity contribution in [1.29, 1.82) is 0 Å². The summed E-state index contributed by atoms with van der Waals surface area (Å²) in [7, 11) is 1.60. The second kappa shape index (κ2) is 8.41. The highest BCUT2D eigenvalue weighted by Crippen LogP contribution is 2.22. The summed E-state index contributed by atoms with van der Waals surface area (Å²) in [5, 5.41) is 11.8. The molecule has 5 heteroatoms. The summed E-state index contributed by atoms with van der Waals surface area (Å²) < 4.78 is 5.10. The van der Waals surface area contributed by atoms with Crippen LogP contribution in [0.2, 0.25) is 0 Å². The SMILES string of the molecule is CC[C@H](C)[C@H](NC(=O)CC(C)c1ccc(OC)cc1)C(=O)O. The molecular formula is C17H25NO4. The second-order valence-corrected chi connectivity index (χ2v) is 5.65. The van der Waals surface area contributed by atoms with E-state index in [9.17, 15) is 14.7 Å². The van der Waals surface area contributed by atoms with E-state index in [1.54, 1.807) is 7.11 Å². The van der Waals surface area contributed by atoms with E-state index in [-0.39, 0.29) is 24.2 Å². The lowest BCUT2D eigenvalue weighted by molar-refractivity contribution is -0.143. The number of ether oxygens (including phenoxy) is 1. The first-order valence-corrected chi connectivity index (χ1v) is 7.55. The molecule has 1 aromatic rings. The van der Waals surface area contributed by atoms with E-state index in [0.29, 0.717) is 6.42 Å². The van der Waals surface area contributed by atoms with Gasteiger partial charge in [0, 0.05) is 6.42 Å². The van der Waals surface area contributed by atoms with Crippen LogP contribution in [0.25, 0.3) is 0 Å². The molecule has 0 radical (unpaired) electrons. The zero-order valence-electron chi connectivity index (χ0n) is 13.6. The molecule has 0 saturated heterocycles. The monoisotopic (exact) mass is 307 g/mol. The number of carboxylic acid groups (broad SMARTS) is 1. The predicted octanol–water partition coefficient (Wildman–Crippen LogP) is 2.80. The Morgan fingerprint density at radius 1 is 1.23 bits per heavy atom. The Morgan fingerprint density at radius 3 is 2.27 bits per heavy atom. The van der Waals surface area contributed by atoms with E-state index >= 15 is 0 Å². The summed E-state index contributed by atoms with van der Waals surface area (Å²) in [6.45, 7) is 5.68. The van der Waals surface area contributed by atoms with E-state index in [4.69, 9.17) is 4.74 Å². The van der Waals surface area contributed by atoms with Crippen molar-refractivity contribution in [1.82, 2.24) is 5.32 Å². The summed E-state index contributed by atoms with van der Waals surface area (Å²) in [5.41, 5.74) is 1.02. The highest BCUT2D eigenvalue weighted by atomic mass is 16.5. The van der Waals surface area contributed by atoms with Crippen molar-refractivity contribution in [3.63, 3.8) is 0 Å². The van der Waals surface area contributed by atoms with Crippen LogP contribution in [-0.2, 0) is 9.59 Å². The molecule has 0 heterocycles. The van der Waals surface area contributed by atoms with Crippen LogP contribution in [-0.4, -0.2) is 30.1 Å². The van der Waals surface area contributed by atoms with Crippen LogP contribution in [0.15, 0.2) is 24.3 Å². The van der Waals surface area contributed by atoms with Gasteiger partial charge in [-0.1, -0.05) is 39.3 Å². The lowest BCUT2D eigenvalue weighted by Crippen LogP contribution is -2.45. The van der Waals surface area contributed by atoms with Crippen LogP contribution in [0.5, 0.6) is 5.75 Å². The van der Waals surface area contributed by atoms with E-state index in [2.05, 4.69) is 5.32 Å². The molecular weight excluding hydrogens is 282 g/mol. The van der Waals surface area contributed by atoms with Crippen LogP contribution in [0.3, 0.4) is 0 Å². The van der Waals surface area contributed by atoms with Crippen molar-refractivity contribution in [3.8, 4) is 5.75 Å². The van der Waals surface area contributed by atoms with Gasteiger partial charge in [-0.05, 0) is 29.5 Å². The van der Waals surface area contributed by atoms with Gasteiger partial charge in [0.05, 0.1) is 7.11 Å². The van der Waals surface area contributed by atoms with Crippen LogP contribution in [0.1, 0.15) is 45.1 Å². The molecule has 0 aliphatic rings. The van der Waals surface area contributed by atoms with E-state index in [1.165, 1.54) is 0 Å². The second-order valence-electron chi connectivity index (χ2n) is 5.65. The molecule has 0 bridgehead atoms. The van der Waals surface area contributed by atoms with E-state index in [0.717, 1.165) is 11.3 Å². The Bertz CT molecular complexity index is 498. The molecule has 1 aromatic carbocycles. The van der Waals surface area contributed by atoms with Gasteiger partial charge in [-0.2, -0.15) is 0 Å². The summed E-state index contributed by atoms with van der Waals surface area (Å²) >= 11 is 0. The lowest BCUT2D eigenvalue weighted by atomic mass is 9.95. The average molecular weight is 307 g/mol. The Labute approximate surface area is 131 Å². The maximum atomic E-state index is 12.1. The summed E-state index contributed by atoms with van der Waals surface area (Å²) in [6, 6.07) is 6.70. The zero-order chi connectivity index (χ0) is 16.7. The van der Waals surface area contributed by atoms with Gasteiger partial charge >= 0.3 is 5.97 Å². The lowest BCUT2D eigenvalue weighted by Gasteiger charge is -2.21. The molecule has 0 aliphatic carbocycles. The molecule has 0 saturated carbocycles. The third-order valence-electron chi connectivity index (χ3n) is 3.97. The fourth-order valence-electron chi connectivity index (χ4n) is 2.24. The van der Waals surface area contributed by atoms with E-state index < -0.39 is 12.0 Å². The van der Waals surface area contributed by atoms with E-state index in [1.807, 2.05) is 45.0 Å². The fraction of sp³-hybridized carbons (Fsp3) is 0.529. The Balaban J connectivity index is 2.64. The predicted molar refractivity (Wildman–Crippen MR) is 85.0 cm³/mol. The topological polar surface area (TPSA) is 75.6 Å². The number of carbonyl (C=O) groups is 2. The maximum absolute atomic E-state index is 12.1. The normalized spacial score (nSPS) is 14.7. The molecule has 122 valence electrons. The molecule has 1 amide bonds. The highest BCUT2D eigenvalue weighted by Gasteiger charge is 2.25. The quantitative estimate of drug-likeness (QED) is 0.774. The molecule has 3 atom stereocenters. The van der Waals surface area contributed by atoms with Gasteiger partial charge in [-0.3, -0.25) is 4.79 Å². The van der Waals surface area contributed by atoms with Crippen molar-refractivity contribution in [2.24, 2.45) is 5.92 Å². The molecule has 5 nitrogen and oxygen atoms in total. The third kappa shape index (κ3) is 5.06. The van der Waals surface area contributed by atoms with Crippen molar-refractivity contribution >= 4 is 11.9 Å². The van der Waals surface area contributed by atoms with Gasteiger partial charge in [0.1, 0.15) is 11.8 Å². The minimum atomic E-state index is -0.986. The summed E-state index contributed by atoms with van der Waals surface area (Å²) in [4.78, 5) is 23.3. The number of carbonyl (C=O) groups excluding carboxylic acids is 1. The van der Waals surface area contributed by atoms with Crippen molar-refractivity contribution in [2.45, 2.75) is 45.6 Å². The average Bonchev–Trinajstić information content (AvgIpc) is 2.51. The van der Waals surface area contributed by atoms with Crippen LogP contribution in [0, 0.1) is 5.92 Å². The number of benzene rings is 1. The molecule has 0 fully saturated rings. The number of hydrogen-bond donors (Lipinski definition) is 2. The number of aliphatic carboxylic acids is 1. The van der Waals surface area contributed by atoms with Gasteiger partial charge in [0.15, 0.2) is 0 Å². The number of methoxy groups -OCH3 is 1. The fourth-order valence-corrected chi connectivity index (χ4v) is 2.24. The van der Waals surface area contributed by atoms with Gasteiger partial charge in [-0.15, -0.1) is 0 Å². The molecule has 1 rings (SSSR count). The van der Waals surface area contributed by atoms with Crippen molar-refractivity contribution in [2.75, 3.05) is 7.11 Å². The number of rotatable bonds is 8. The molecule has 0 spiro atoms. The largest absolute Gasteiger partial charge is 0.497 e. The summed E-state index contributed by atoms with van der Waals surface area (Å²) in [5.74, 6) is -0.547. The highest BCUT2D eigenvalue weighted by molar-refractivity contribution is 5.84. The zero-order valence-corrected chi connectivity index (χ0v) is 13.6. The van der Waals surface area contributed by atoms with Gasteiger partial charge in [-0.25, -0.2) is 4.79 Å². The van der Waals surface area contributed by atoms with Gasteiger partial charge in [0.2, 0.25) is 5.91 Å². The maximum Gasteiger partial charge on any atom is 0.326 e. The Kier molecular flexibility index (Phi) is 6.89. The van der Waals surface area contributed by atoms with Gasteiger partial charge in [0.25, 0.3) is 0 Å². The molecule has 0 aromatic heterocycles. The standard InChI is InChI=1S/C17H25NO4/c1-5-11(2)16(17(20)21)18-15(19)10-12(3)13-6-8-14(22-4)9-7-13/h6-9,11-12,16H,5,10H2,1-4H3,(H,18,19)(H,20,21)/t11-,12?,16-/m0/s1. The smallest absolute Gasteiger partial charge is 0.326 e. The van der Waals surface area contributed by atoms with Crippen molar-refractivity contribution < 1.29 is 19.4 Å². The molecule has 0 aliphatic heterocycles. The molecule has 22 heavy (non-hydrogen) atoms. The summed E-state index contributed by atoms with van der Waals surface area (Å²) in [6.07, 6.45) is 0.956.